The minimum absolute atomic E-state index is 0.170. The number of methoxy groups -OCH3 is 2. The van der Waals surface area contributed by atoms with E-state index in [4.69, 9.17) is 18.6 Å². The highest BCUT2D eigenvalue weighted by molar-refractivity contribution is 5.85. The van der Waals surface area contributed by atoms with Crippen molar-refractivity contribution in [3.8, 4) is 5.75 Å². The predicted molar refractivity (Wildman–Crippen MR) is 126 cm³/mol. The molecule has 2 aromatic carbocycles. The highest BCUT2D eigenvalue weighted by Crippen LogP contribution is 2.66. The van der Waals surface area contributed by atoms with Crippen molar-refractivity contribution >= 4 is 12.0 Å². The lowest BCUT2D eigenvalue weighted by Crippen LogP contribution is -2.63. The third-order valence-electron chi connectivity index (χ3n) is 6.60. The number of rotatable bonds is 6. The fourth-order valence-corrected chi connectivity index (χ4v) is 5.19. The Kier molecular flexibility index (Phi) is 5.57. The molecule has 0 N–H and O–H groups in total. The summed E-state index contributed by atoms with van der Waals surface area (Å²) in [6, 6.07) is 22.6. The molecule has 1 saturated carbocycles. The molecule has 0 bridgehead atoms. The van der Waals surface area contributed by atoms with Crippen molar-refractivity contribution in [2.45, 2.75) is 17.4 Å². The van der Waals surface area contributed by atoms with Gasteiger partial charge in [-0.1, -0.05) is 66.7 Å². The summed E-state index contributed by atoms with van der Waals surface area (Å²) in [5.74, 6) is -0.164. The molecule has 0 unspecified atom stereocenters. The van der Waals surface area contributed by atoms with E-state index in [0.717, 1.165) is 11.1 Å². The highest BCUT2D eigenvalue weighted by Gasteiger charge is 2.68. The third-order valence-corrected chi connectivity index (χ3v) is 6.60. The van der Waals surface area contributed by atoms with Crippen LogP contribution in [0.3, 0.4) is 0 Å². The van der Waals surface area contributed by atoms with Crippen molar-refractivity contribution < 1.29 is 23.4 Å². The summed E-state index contributed by atoms with van der Waals surface area (Å²) in [6.07, 6.45) is 5.21. The Morgan fingerprint density at radius 1 is 0.882 bits per heavy atom. The van der Waals surface area contributed by atoms with Crippen molar-refractivity contribution in [3.05, 3.63) is 118 Å². The van der Waals surface area contributed by atoms with Gasteiger partial charge in [0.2, 0.25) is 0 Å². The van der Waals surface area contributed by atoms with E-state index in [2.05, 4.69) is 0 Å². The number of carbonyl (C=O) groups is 1. The lowest BCUT2D eigenvalue weighted by Gasteiger charge is -2.59. The van der Waals surface area contributed by atoms with Gasteiger partial charge < -0.3 is 18.6 Å². The second-order valence-corrected chi connectivity index (χ2v) is 8.38. The summed E-state index contributed by atoms with van der Waals surface area (Å²) in [6.45, 7) is 0. The molecule has 0 radical (unpaired) electrons. The number of esters is 1. The van der Waals surface area contributed by atoms with Gasteiger partial charge >= 0.3 is 11.6 Å². The molecule has 1 aliphatic carbocycles. The quantitative estimate of drug-likeness (QED) is 0.501. The van der Waals surface area contributed by atoms with Crippen LogP contribution in [0, 0.1) is 5.92 Å². The van der Waals surface area contributed by atoms with Crippen molar-refractivity contribution in [2.75, 3.05) is 14.2 Å². The second-order valence-electron chi connectivity index (χ2n) is 8.38. The molecule has 6 heteroatoms. The van der Waals surface area contributed by atoms with E-state index in [1.165, 1.54) is 19.3 Å². The van der Waals surface area contributed by atoms with Gasteiger partial charge in [0.1, 0.15) is 17.3 Å². The summed E-state index contributed by atoms with van der Waals surface area (Å²) in [5.41, 5.74) is 0.328. The van der Waals surface area contributed by atoms with Gasteiger partial charge in [0, 0.05) is 12.0 Å². The van der Waals surface area contributed by atoms with E-state index in [1.54, 1.807) is 13.2 Å². The molecule has 6 nitrogen and oxygen atoms in total. The first kappa shape index (κ1) is 21.8. The Hall–Kier alpha value is -4.06. The van der Waals surface area contributed by atoms with Gasteiger partial charge in [0.05, 0.1) is 38.2 Å². The molecule has 0 saturated heterocycles. The van der Waals surface area contributed by atoms with Crippen LogP contribution in [0.2, 0.25) is 0 Å². The maximum Gasteiger partial charge on any atom is 0.339 e. The van der Waals surface area contributed by atoms with Gasteiger partial charge in [0.25, 0.3) is 0 Å². The van der Waals surface area contributed by atoms with Crippen LogP contribution in [0.4, 0.5) is 0 Å². The van der Waals surface area contributed by atoms with E-state index < -0.39 is 23.1 Å². The fourth-order valence-electron chi connectivity index (χ4n) is 5.19. The molecule has 1 aliphatic heterocycles. The van der Waals surface area contributed by atoms with Gasteiger partial charge in [-0.2, -0.15) is 0 Å². The summed E-state index contributed by atoms with van der Waals surface area (Å²) < 4.78 is 22.8. The largest absolute Gasteiger partial charge is 0.500 e. The molecular weight excluding hydrogens is 432 g/mol. The smallest absolute Gasteiger partial charge is 0.339 e. The molecule has 34 heavy (non-hydrogen) atoms. The average molecular weight is 456 g/mol. The van der Waals surface area contributed by atoms with Gasteiger partial charge in [-0.05, 0) is 17.2 Å². The minimum Gasteiger partial charge on any atom is -0.500 e. The molecule has 0 spiro atoms. The predicted octanol–water partition coefficient (Wildman–Crippen LogP) is 4.68. The first-order valence-electron chi connectivity index (χ1n) is 11.0. The molecule has 1 fully saturated rings. The van der Waals surface area contributed by atoms with Crippen LogP contribution in [-0.2, 0) is 14.3 Å². The van der Waals surface area contributed by atoms with Crippen LogP contribution in [-0.4, -0.2) is 25.8 Å². The van der Waals surface area contributed by atoms with Crippen LogP contribution in [0.15, 0.2) is 99.9 Å². The average Bonchev–Trinajstić information content (AvgIpc) is 2.85. The SMILES string of the molecule is COC1=CC(=O)O[C@@]2(C=Cc3ccccc3)[C@@H]1[C@H](c1ccccc1)[C@@H]2c1cc(OC)cc(=O)o1. The molecular formula is C28H24O6. The molecule has 0 amide bonds. The molecule has 2 aliphatic rings. The van der Waals surface area contributed by atoms with Gasteiger partial charge in [-0.25, -0.2) is 9.59 Å². The number of carbonyl (C=O) groups excluding carboxylic acids is 1. The maximum absolute atomic E-state index is 12.7. The highest BCUT2D eigenvalue weighted by atomic mass is 16.6. The standard InChI is InChI=1S/C28H24O6/c1-31-20-15-22(33-23(29)16-20)27-25(19-11-7-4-8-12-19)26-21(32-2)17-24(30)34-28(26,27)14-13-18-9-5-3-6-10-18/h3-17,25-27H,1-2H3/t25-,26-,27-,28-/m0/s1. The molecule has 4 atom stereocenters. The van der Waals surface area contributed by atoms with Crippen molar-refractivity contribution in [2.24, 2.45) is 5.92 Å². The normalized spacial score (nSPS) is 25.6. The van der Waals surface area contributed by atoms with E-state index in [9.17, 15) is 9.59 Å². The number of fused-ring (bicyclic) bond motifs is 1. The number of hydrogen-bond donors (Lipinski definition) is 0. The van der Waals surface area contributed by atoms with Crippen LogP contribution in [0.1, 0.15) is 28.7 Å². The number of benzene rings is 2. The van der Waals surface area contributed by atoms with Crippen LogP contribution < -0.4 is 10.4 Å². The third kappa shape index (κ3) is 3.61. The van der Waals surface area contributed by atoms with Crippen molar-refractivity contribution in [1.82, 2.24) is 0 Å². The van der Waals surface area contributed by atoms with Gasteiger partial charge in [0.15, 0.2) is 5.60 Å². The van der Waals surface area contributed by atoms with E-state index in [1.807, 2.05) is 72.8 Å². The maximum atomic E-state index is 12.7. The van der Waals surface area contributed by atoms with Crippen LogP contribution >= 0.6 is 0 Å². The summed E-state index contributed by atoms with van der Waals surface area (Å²) in [5, 5.41) is 0. The van der Waals surface area contributed by atoms with Crippen molar-refractivity contribution in [1.29, 1.82) is 0 Å². The Morgan fingerprint density at radius 3 is 2.26 bits per heavy atom. The Balaban J connectivity index is 1.72. The zero-order valence-corrected chi connectivity index (χ0v) is 18.8. The second kappa shape index (κ2) is 8.71. The Labute approximate surface area is 197 Å². The first-order chi connectivity index (χ1) is 16.6. The molecule has 1 aromatic heterocycles. The van der Waals surface area contributed by atoms with Gasteiger partial charge in [-0.3, -0.25) is 0 Å². The molecule has 172 valence electrons. The van der Waals surface area contributed by atoms with Crippen molar-refractivity contribution in [3.63, 3.8) is 0 Å². The van der Waals surface area contributed by atoms with Gasteiger partial charge in [-0.15, -0.1) is 0 Å². The summed E-state index contributed by atoms with van der Waals surface area (Å²) in [7, 11) is 3.05. The monoisotopic (exact) mass is 456 g/mol. The minimum atomic E-state index is -1.12. The summed E-state index contributed by atoms with van der Waals surface area (Å²) in [4.78, 5) is 25.1. The summed E-state index contributed by atoms with van der Waals surface area (Å²) >= 11 is 0. The first-order valence-corrected chi connectivity index (χ1v) is 11.0. The van der Waals surface area contributed by atoms with E-state index in [-0.39, 0.29) is 11.8 Å². The zero-order chi connectivity index (χ0) is 23.7. The Morgan fingerprint density at radius 2 is 1.59 bits per heavy atom. The number of hydrogen-bond acceptors (Lipinski definition) is 6. The lowest BCUT2D eigenvalue weighted by atomic mass is 9.49. The lowest BCUT2D eigenvalue weighted by molar-refractivity contribution is -0.182. The van der Waals surface area contributed by atoms with E-state index in [0.29, 0.717) is 17.3 Å². The van der Waals surface area contributed by atoms with E-state index >= 15 is 0 Å². The molecule has 3 aromatic rings. The van der Waals surface area contributed by atoms with Crippen LogP contribution in [0.25, 0.3) is 6.08 Å². The zero-order valence-electron chi connectivity index (χ0n) is 18.8. The van der Waals surface area contributed by atoms with Crippen LogP contribution in [0.5, 0.6) is 5.75 Å². The fraction of sp³-hybridized carbons (Fsp3) is 0.214. The number of ether oxygens (including phenoxy) is 3. The Bertz CT molecular complexity index is 1310. The molecule has 2 heterocycles. The molecule has 5 rings (SSSR count). The topological polar surface area (TPSA) is 75.0 Å².